The Morgan fingerprint density at radius 1 is 1.19 bits per heavy atom. The van der Waals surface area contributed by atoms with Gasteiger partial charge in [0, 0.05) is 24.3 Å². The Morgan fingerprint density at radius 2 is 1.92 bits per heavy atom. The Labute approximate surface area is 210 Å². The highest BCUT2D eigenvalue weighted by Crippen LogP contribution is 2.61. The van der Waals surface area contributed by atoms with Crippen molar-refractivity contribution in [3.63, 3.8) is 0 Å². The van der Waals surface area contributed by atoms with E-state index in [0.717, 1.165) is 11.8 Å². The lowest BCUT2D eigenvalue weighted by Gasteiger charge is -2.29. The first-order valence-corrected chi connectivity index (χ1v) is 13.5. The largest absolute Gasteiger partial charge is 0.459 e. The monoisotopic (exact) mass is 521 g/mol. The molecule has 1 saturated heterocycles. The number of carbonyl (C=O) groups is 2. The van der Waals surface area contributed by atoms with Crippen LogP contribution in [0.1, 0.15) is 50.9 Å². The number of amides is 1. The van der Waals surface area contributed by atoms with Crippen molar-refractivity contribution in [3.05, 3.63) is 47.6 Å². The topological polar surface area (TPSA) is 138 Å². The summed E-state index contributed by atoms with van der Waals surface area (Å²) in [6.45, 7) is 5.35. The number of fused-ring (bicyclic) bond motifs is 1. The first kappa shape index (κ1) is 26.1. The number of piperidine rings is 1. The molecule has 1 amide bonds. The van der Waals surface area contributed by atoms with Gasteiger partial charge in [0.15, 0.2) is 5.82 Å². The van der Waals surface area contributed by atoms with E-state index in [1.165, 1.54) is 4.90 Å². The first-order chi connectivity index (χ1) is 16.9. The smallest absolute Gasteiger partial charge is 0.411 e. The molecule has 11 nitrogen and oxygen atoms in total. The lowest BCUT2D eigenvalue weighted by molar-refractivity contribution is -0.150. The number of rotatable bonds is 9. The highest BCUT2D eigenvalue weighted by molar-refractivity contribution is 7.85. The lowest BCUT2D eigenvalue weighted by atomic mass is 9.95. The van der Waals surface area contributed by atoms with Gasteiger partial charge in [-0.15, -0.1) is 0 Å². The van der Waals surface area contributed by atoms with Crippen molar-refractivity contribution in [3.8, 4) is 0 Å². The molecule has 4 rings (SSSR count). The standard InChI is InChI=1S/C24H31N3O8S/c1-23(2,3)34-22(29)27-17(21(28)32-15-16-8-6-5-7-9-16)12-24(13-18(24)27)14-20-25-19(26-35-20)10-11-33-36(4,30)31/h5-9,17-18H,10-15H2,1-4H3/t17-,18?,24-/m0/s1. The van der Waals surface area contributed by atoms with E-state index in [0.29, 0.717) is 31.0 Å². The molecule has 1 aliphatic carbocycles. The number of aromatic nitrogens is 2. The number of nitrogens with zero attached hydrogens (tertiary/aromatic N) is 3. The third-order valence-electron chi connectivity index (χ3n) is 6.15. The van der Waals surface area contributed by atoms with Gasteiger partial charge in [-0.2, -0.15) is 13.4 Å². The average molecular weight is 522 g/mol. The first-order valence-electron chi connectivity index (χ1n) is 11.7. The molecular weight excluding hydrogens is 490 g/mol. The van der Waals surface area contributed by atoms with E-state index in [2.05, 4.69) is 10.1 Å². The number of hydrogen-bond donors (Lipinski definition) is 0. The fraction of sp³-hybridized carbons (Fsp3) is 0.583. The molecule has 0 radical (unpaired) electrons. The van der Waals surface area contributed by atoms with E-state index in [9.17, 15) is 18.0 Å². The highest BCUT2D eigenvalue weighted by Gasteiger charge is 2.68. The number of carbonyl (C=O) groups excluding carboxylic acids is 2. The summed E-state index contributed by atoms with van der Waals surface area (Å²) in [6, 6.07) is 8.33. The summed E-state index contributed by atoms with van der Waals surface area (Å²) < 4.78 is 43.5. The third kappa shape index (κ3) is 6.41. The Bertz CT molecular complexity index is 1210. The molecule has 0 bridgehead atoms. The van der Waals surface area contributed by atoms with E-state index in [-0.39, 0.29) is 25.7 Å². The van der Waals surface area contributed by atoms with Crippen LogP contribution in [0.4, 0.5) is 4.79 Å². The zero-order chi connectivity index (χ0) is 26.1. The quantitative estimate of drug-likeness (QED) is 0.357. The second kappa shape index (κ2) is 9.81. The molecule has 2 aliphatic rings. The fourth-order valence-electron chi connectivity index (χ4n) is 4.54. The SMILES string of the molecule is CC(C)(C)OC(=O)N1C2C[C@]2(Cc2nc(CCOS(C)(=O)=O)no2)C[C@H]1C(=O)OCc1ccccc1. The summed E-state index contributed by atoms with van der Waals surface area (Å²) in [5, 5.41) is 3.89. The van der Waals surface area contributed by atoms with Crippen LogP contribution in [0.15, 0.2) is 34.9 Å². The summed E-state index contributed by atoms with van der Waals surface area (Å²) in [4.78, 5) is 32.0. The molecule has 36 heavy (non-hydrogen) atoms. The highest BCUT2D eigenvalue weighted by atomic mass is 32.2. The van der Waals surface area contributed by atoms with Gasteiger partial charge >= 0.3 is 12.1 Å². The molecule has 2 fully saturated rings. The minimum Gasteiger partial charge on any atom is -0.459 e. The molecule has 1 saturated carbocycles. The van der Waals surface area contributed by atoms with Gasteiger partial charge in [-0.3, -0.25) is 9.08 Å². The third-order valence-corrected chi connectivity index (χ3v) is 6.75. The van der Waals surface area contributed by atoms with Crippen LogP contribution in [0.2, 0.25) is 0 Å². The van der Waals surface area contributed by atoms with Gasteiger partial charge in [0.25, 0.3) is 10.1 Å². The number of ether oxygens (including phenoxy) is 2. The summed E-state index contributed by atoms with van der Waals surface area (Å²) in [5.41, 5.74) is -0.267. The van der Waals surface area contributed by atoms with Crippen molar-refractivity contribution < 1.29 is 36.2 Å². The number of likely N-dealkylation sites (tertiary alicyclic amines) is 1. The van der Waals surface area contributed by atoms with Gasteiger partial charge in [-0.25, -0.2) is 9.59 Å². The molecule has 1 aromatic carbocycles. The maximum Gasteiger partial charge on any atom is 0.411 e. The molecule has 2 aromatic rings. The zero-order valence-electron chi connectivity index (χ0n) is 20.8. The summed E-state index contributed by atoms with van der Waals surface area (Å²) >= 11 is 0. The molecular formula is C24H31N3O8S. The van der Waals surface area contributed by atoms with Crippen molar-refractivity contribution in [2.75, 3.05) is 12.9 Å². The number of benzene rings is 1. The van der Waals surface area contributed by atoms with Crippen molar-refractivity contribution >= 4 is 22.2 Å². The minimum absolute atomic E-state index is 0.0900. The fourth-order valence-corrected chi connectivity index (χ4v) is 4.93. The lowest BCUT2D eigenvalue weighted by Crippen LogP contribution is -2.46. The number of hydrogen-bond acceptors (Lipinski definition) is 10. The van der Waals surface area contributed by atoms with E-state index in [1.807, 2.05) is 30.3 Å². The van der Waals surface area contributed by atoms with Crippen LogP contribution >= 0.6 is 0 Å². The van der Waals surface area contributed by atoms with Gasteiger partial charge in [-0.1, -0.05) is 35.5 Å². The molecule has 0 N–H and O–H groups in total. The minimum atomic E-state index is -3.55. The maximum atomic E-state index is 13.1. The van der Waals surface area contributed by atoms with Crippen molar-refractivity contribution in [1.29, 1.82) is 0 Å². The van der Waals surface area contributed by atoms with Gasteiger partial charge in [0.2, 0.25) is 5.89 Å². The van der Waals surface area contributed by atoms with Gasteiger partial charge < -0.3 is 14.0 Å². The molecule has 1 aliphatic heterocycles. The van der Waals surface area contributed by atoms with Crippen LogP contribution in [0.25, 0.3) is 0 Å². The summed E-state index contributed by atoms with van der Waals surface area (Å²) in [6.07, 6.45) is 2.02. The van der Waals surface area contributed by atoms with Crippen LogP contribution in [0, 0.1) is 5.41 Å². The van der Waals surface area contributed by atoms with Gasteiger partial charge in [-0.05, 0) is 39.2 Å². The number of esters is 1. The van der Waals surface area contributed by atoms with Crippen LogP contribution in [-0.4, -0.2) is 66.1 Å². The van der Waals surface area contributed by atoms with Gasteiger partial charge in [0.05, 0.1) is 12.9 Å². The van der Waals surface area contributed by atoms with Crippen LogP contribution < -0.4 is 0 Å². The van der Waals surface area contributed by atoms with E-state index < -0.39 is 39.2 Å². The Kier molecular flexibility index (Phi) is 7.11. The zero-order valence-corrected chi connectivity index (χ0v) is 21.6. The second-order valence-electron chi connectivity index (χ2n) is 10.3. The van der Waals surface area contributed by atoms with Crippen molar-refractivity contribution in [1.82, 2.24) is 15.0 Å². The molecule has 2 heterocycles. The molecule has 12 heteroatoms. The van der Waals surface area contributed by atoms with Crippen molar-refractivity contribution in [2.45, 2.75) is 70.7 Å². The van der Waals surface area contributed by atoms with Gasteiger partial charge in [0.1, 0.15) is 18.2 Å². The summed E-state index contributed by atoms with van der Waals surface area (Å²) in [7, 11) is -3.55. The molecule has 1 aromatic heterocycles. The summed E-state index contributed by atoms with van der Waals surface area (Å²) in [5.74, 6) is 0.192. The maximum absolute atomic E-state index is 13.1. The predicted octanol–water partition coefficient (Wildman–Crippen LogP) is 2.64. The Balaban J connectivity index is 1.44. The van der Waals surface area contributed by atoms with Crippen molar-refractivity contribution in [2.24, 2.45) is 5.41 Å². The average Bonchev–Trinajstić information content (AvgIpc) is 3.10. The van der Waals surface area contributed by atoms with Crippen LogP contribution in [0.5, 0.6) is 0 Å². The Hall–Kier alpha value is -2.99. The molecule has 196 valence electrons. The molecule has 3 atom stereocenters. The molecule has 1 unspecified atom stereocenters. The second-order valence-corrected chi connectivity index (χ2v) is 12.0. The van der Waals surface area contributed by atoms with E-state index in [4.69, 9.17) is 18.2 Å². The predicted molar refractivity (Wildman–Crippen MR) is 126 cm³/mol. The van der Waals surface area contributed by atoms with Crippen LogP contribution in [-0.2, 0) is 48.0 Å². The Morgan fingerprint density at radius 3 is 2.58 bits per heavy atom. The van der Waals surface area contributed by atoms with E-state index in [1.54, 1.807) is 20.8 Å². The van der Waals surface area contributed by atoms with Crippen LogP contribution in [0.3, 0.4) is 0 Å². The molecule has 0 spiro atoms. The normalized spacial score (nSPS) is 23.3. The van der Waals surface area contributed by atoms with E-state index >= 15 is 0 Å².